The van der Waals surface area contributed by atoms with Crippen molar-refractivity contribution < 1.29 is 0 Å². The van der Waals surface area contributed by atoms with Gasteiger partial charge < -0.3 is 5.73 Å². The molecule has 0 radical (unpaired) electrons. The maximum atomic E-state index is 5.47. The molecule has 0 saturated carbocycles. The lowest BCUT2D eigenvalue weighted by atomic mass is 10.1. The number of fused-ring (bicyclic) bond motifs is 1. The second-order valence-electron chi connectivity index (χ2n) is 3.08. The number of hydrogen-bond acceptors (Lipinski definition) is 3. The average molecular weight is 149 g/mol. The van der Waals surface area contributed by atoms with Gasteiger partial charge in [0.15, 0.2) is 0 Å². The highest BCUT2D eigenvalue weighted by molar-refractivity contribution is 5.31. The molecule has 0 fully saturated rings. The smallest absolute Gasteiger partial charge is 0.220 e. The molecule has 0 aliphatic heterocycles. The van der Waals surface area contributed by atoms with Gasteiger partial charge in [-0.15, -0.1) is 0 Å². The molecule has 2 N–H and O–H groups in total. The Balaban J connectivity index is 2.52. The molecule has 2 rings (SSSR count). The zero-order valence-corrected chi connectivity index (χ0v) is 6.54. The fourth-order valence-electron chi connectivity index (χ4n) is 1.56. The Morgan fingerprint density at radius 3 is 3.27 bits per heavy atom. The van der Waals surface area contributed by atoms with Gasteiger partial charge in [0.2, 0.25) is 5.95 Å². The molecule has 0 bridgehead atoms. The molecule has 0 aromatic carbocycles. The summed E-state index contributed by atoms with van der Waals surface area (Å²) < 4.78 is 0. The van der Waals surface area contributed by atoms with E-state index in [1.807, 2.05) is 6.20 Å². The standard InChI is InChI=1S/C8H11N3/c1-5-2-3-6-4-10-8(9)11-7(5)6/h4-5H,2-3H2,1H3,(H2,9,10,11). The fourth-order valence-corrected chi connectivity index (χ4v) is 1.56. The summed E-state index contributed by atoms with van der Waals surface area (Å²) >= 11 is 0. The van der Waals surface area contributed by atoms with Gasteiger partial charge in [-0.25, -0.2) is 9.97 Å². The van der Waals surface area contributed by atoms with Crippen LogP contribution >= 0.6 is 0 Å². The van der Waals surface area contributed by atoms with E-state index in [0.29, 0.717) is 11.9 Å². The third-order valence-corrected chi connectivity index (χ3v) is 2.23. The molecule has 0 amide bonds. The van der Waals surface area contributed by atoms with E-state index in [4.69, 9.17) is 5.73 Å². The zero-order valence-electron chi connectivity index (χ0n) is 6.54. The first-order valence-electron chi connectivity index (χ1n) is 3.88. The van der Waals surface area contributed by atoms with Crippen molar-refractivity contribution in [1.29, 1.82) is 0 Å². The second-order valence-corrected chi connectivity index (χ2v) is 3.08. The van der Waals surface area contributed by atoms with Crippen molar-refractivity contribution in [2.24, 2.45) is 0 Å². The Morgan fingerprint density at radius 1 is 1.64 bits per heavy atom. The maximum Gasteiger partial charge on any atom is 0.220 e. The maximum absolute atomic E-state index is 5.47. The molecule has 1 atom stereocenters. The van der Waals surface area contributed by atoms with Crippen molar-refractivity contribution in [1.82, 2.24) is 9.97 Å². The van der Waals surface area contributed by atoms with Crippen LogP contribution in [0.1, 0.15) is 30.5 Å². The summed E-state index contributed by atoms with van der Waals surface area (Å²) in [5.74, 6) is 0.966. The van der Waals surface area contributed by atoms with E-state index in [1.54, 1.807) is 0 Å². The second kappa shape index (κ2) is 2.19. The third-order valence-electron chi connectivity index (χ3n) is 2.23. The zero-order chi connectivity index (χ0) is 7.84. The first kappa shape index (κ1) is 6.58. The van der Waals surface area contributed by atoms with Crippen LogP contribution in [0.15, 0.2) is 6.20 Å². The van der Waals surface area contributed by atoms with Crippen molar-refractivity contribution >= 4 is 5.95 Å². The fraction of sp³-hybridized carbons (Fsp3) is 0.500. The molecule has 3 heteroatoms. The molecule has 0 saturated heterocycles. The first-order valence-corrected chi connectivity index (χ1v) is 3.88. The van der Waals surface area contributed by atoms with Crippen molar-refractivity contribution in [2.75, 3.05) is 5.73 Å². The van der Waals surface area contributed by atoms with Crippen molar-refractivity contribution in [2.45, 2.75) is 25.7 Å². The minimum absolute atomic E-state index is 0.400. The summed E-state index contributed by atoms with van der Waals surface area (Å²) in [6, 6.07) is 0. The van der Waals surface area contributed by atoms with Crippen LogP contribution in [-0.2, 0) is 6.42 Å². The molecule has 1 aliphatic rings. The van der Waals surface area contributed by atoms with Crippen LogP contribution in [0, 0.1) is 0 Å². The molecule has 1 unspecified atom stereocenters. The van der Waals surface area contributed by atoms with Gasteiger partial charge in [-0.05, 0) is 24.3 Å². The third kappa shape index (κ3) is 0.964. The molecule has 1 aromatic rings. The number of nitrogens with zero attached hydrogens (tertiary/aromatic N) is 2. The lowest BCUT2D eigenvalue weighted by Gasteiger charge is -2.01. The molecule has 11 heavy (non-hydrogen) atoms. The van der Waals surface area contributed by atoms with E-state index >= 15 is 0 Å². The minimum atomic E-state index is 0.400. The van der Waals surface area contributed by atoms with Crippen LogP contribution in [-0.4, -0.2) is 9.97 Å². The van der Waals surface area contributed by atoms with Gasteiger partial charge in [-0.2, -0.15) is 0 Å². The SMILES string of the molecule is CC1CCc2cnc(N)nc21. The van der Waals surface area contributed by atoms with E-state index in [0.717, 1.165) is 12.1 Å². The van der Waals surface area contributed by atoms with E-state index in [-0.39, 0.29) is 0 Å². The van der Waals surface area contributed by atoms with Gasteiger partial charge in [-0.3, -0.25) is 0 Å². The van der Waals surface area contributed by atoms with Gasteiger partial charge in [0.1, 0.15) is 0 Å². The molecular weight excluding hydrogens is 138 g/mol. The molecule has 58 valence electrons. The van der Waals surface area contributed by atoms with Crippen LogP contribution in [0.2, 0.25) is 0 Å². The lowest BCUT2D eigenvalue weighted by molar-refractivity contribution is 0.731. The van der Waals surface area contributed by atoms with Gasteiger partial charge in [0.25, 0.3) is 0 Å². The number of aryl methyl sites for hydroxylation is 1. The Labute approximate surface area is 65.7 Å². The first-order chi connectivity index (χ1) is 5.27. The summed E-state index contributed by atoms with van der Waals surface area (Å²) in [5, 5.41) is 0. The van der Waals surface area contributed by atoms with Crippen LogP contribution in [0.4, 0.5) is 5.95 Å². The normalized spacial score (nSPS) is 21.7. The molecular formula is C8H11N3. The van der Waals surface area contributed by atoms with E-state index in [1.165, 1.54) is 12.0 Å². The van der Waals surface area contributed by atoms with E-state index in [2.05, 4.69) is 16.9 Å². The number of hydrogen-bond donors (Lipinski definition) is 1. The lowest BCUT2D eigenvalue weighted by Crippen LogP contribution is -1.99. The van der Waals surface area contributed by atoms with Crippen molar-refractivity contribution in [3.05, 3.63) is 17.5 Å². The summed E-state index contributed by atoms with van der Waals surface area (Å²) in [5.41, 5.74) is 7.89. The Kier molecular flexibility index (Phi) is 1.31. The average Bonchev–Trinajstić information content (AvgIpc) is 2.33. The molecule has 1 heterocycles. The highest BCUT2D eigenvalue weighted by Crippen LogP contribution is 2.30. The Bertz CT molecular complexity index is 283. The molecule has 3 nitrogen and oxygen atoms in total. The molecule has 1 aromatic heterocycles. The Hall–Kier alpha value is -1.12. The van der Waals surface area contributed by atoms with Crippen LogP contribution in [0.25, 0.3) is 0 Å². The highest BCUT2D eigenvalue weighted by Gasteiger charge is 2.20. The van der Waals surface area contributed by atoms with Crippen LogP contribution < -0.4 is 5.73 Å². The van der Waals surface area contributed by atoms with Gasteiger partial charge in [0.05, 0.1) is 5.69 Å². The quantitative estimate of drug-likeness (QED) is 0.601. The largest absolute Gasteiger partial charge is 0.368 e. The summed E-state index contributed by atoms with van der Waals surface area (Å²) in [7, 11) is 0. The van der Waals surface area contributed by atoms with Gasteiger partial charge in [-0.1, -0.05) is 6.92 Å². The summed E-state index contributed by atoms with van der Waals surface area (Å²) in [6.45, 7) is 2.18. The predicted molar refractivity (Wildman–Crippen MR) is 43.2 cm³/mol. The molecule has 1 aliphatic carbocycles. The summed E-state index contributed by atoms with van der Waals surface area (Å²) in [4.78, 5) is 8.15. The van der Waals surface area contributed by atoms with Crippen LogP contribution in [0.3, 0.4) is 0 Å². The predicted octanol–water partition coefficient (Wildman–Crippen LogP) is 1.11. The molecule has 0 spiro atoms. The topological polar surface area (TPSA) is 51.8 Å². The van der Waals surface area contributed by atoms with Crippen molar-refractivity contribution in [3.8, 4) is 0 Å². The van der Waals surface area contributed by atoms with Gasteiger partial charge in [0, 0.05) is 6.20 Å². The number of nitrogen functional groups attached to an aromatic ring is 1. The number of aromatic nitrogens is 2. The van der Waals surface area contributed by atoms with Crippen molar-refractivity contribution in [3.63, 3.8) is 0 Å². The Morgan fingerprint density at radius 2 is 2.45 bits per heavy atom. The monoisotopic (exact) mass is 149 g/mol. The van der Waals surface area contributed by atoms with E-state index < -0.39 is 0 Å². The number of rotatable bonds is 0. The van der Waals surface area contributed by atoms with Crippen LogP contribution in [0.5, 0.6) is 0 Å². The summed E-state index contributed by atoms with van der Waals surface area (Å²) in [6.07, 6.45) is 4.14. The van der Waals surface area contributed by atoms with Gasteiger partial charge >= 0.3 is 0 Å². The highest BCUT2D eigenvalue weighted by atomic mass is 15.0. The number of nitrogens with two attached hydrogens (primary N) is 1. The van der Waals surface area contributed by atoms with E-state index in [9.17, 15) is 0 Å². The minimum Gasteiger partial charge on any atom is -0.368 e. The number of anilines is 1.